The number of hydrogen-bond donors (Lipinski definition) is 3. The summed E-state index contributed by atoms with van der Waals surface area (Å²) in [4.78, 5) is 22.9. The number of carbonyl (C=O) groups is 2. The van der Waals surface area contributed by atoms with Gasteiger partial charge in [-0.2, -0.15) is 0 Å². The molecular formula is C14H18BrClN2O3. The van der Waals surface area contributed by atoms with Crippen LogP contribution in [0.1, 0.15) is 27.2 Å². The van der Waals surface area contributed by atoms with Crippen molar-refractivity contribution in [2.45, 2.75) is 33.2 Å². The first kappa shape index (κ1) is 17.8. The molecule has 116 valence electrons. The van der Waals surface area contributed by atoms with E-state index in [1.54, 1.807) is 18.2 Å². The summed E-state index contributed by atoms with van der Waals surface area (Å²) in [6.45, 7) is 5.62. The molecule has 0 aromatic heterocycles. The molecule has 0 saturated heterocycles. The normalized spacial score (nSPS) is 12.6. The maximum atomic E-state index is 12.0. The van der Waals surface area contributed by atoms with Gasteiger partial charge in [-0.25, -0.2) is 4.79 Å². The average molecular weight is 378 g/mol. The van der Waals surface area contributed by atoms with Crippen LogP contribution in [0, 0.1) is 5.41 Å². The van der Waals surface area contributed by atoms with Gasteiger partial charge in [0.2, 0.25) is 0 Å². The van der Waals surface area contributed by atoms with Crippen molar-refractivity contribution in [1.29, 1.82) is 0 Å². The lowest BCUT2D eigenvalue weighted by Crippen LogP contribution is -2.46. The maximum Gasteiger partial charge on any atom is 0.319 e. The second-order valence-corrected chi connectivity index (χ2v) is 7.03. The molecule has 1 unspecified atom stereocenters. The van der Waals surface area contributed by atoms with Crippen molar-refractivity contribution in [3.05, 3.63) is 27.7 Å². The molecule has 0 aliphatic rings. The van der Waals surface area contributed by atoms with E-state index in [2.05, 4.69) is 26.6 Å². The second kappa shape index (κ2) is 7.13. The Hall–Kier alpha value is -1.27. The van der Waals surface area contributed by atoms with E-state index in [0.717, 1.165) is 0 Å². The molecule has 0 spiro atoms. The minimum absolute atomic E-state index is 0.140. The van der Waals surface area contributed by atoms with Gasteiger partial charge < -0.3 is 15.7 Å². The number of hydrogen-bond acceptors (Lipinski definition) is 2. The Morgan fingerprint density at radius 2 is 2.00 bits per heavy atom. The molecule has 0 aliphatic carbocycles. The lowest BCUT2D eigenvalue weighted by molar-refractivity contribution is -0.138. The number of urea groups is 1. The topological polar surface area (TPSA) is 78.4 Å². The van der Waals surface area contributed by atoms with Gasteiger partial charge in [0, 0.05) is 15.5 Å². The maximum absolute atomic E-state index is 12.0. The summed E-state index contributed by atoms with van der Waals surface area (Å²) in [5, 5.41) is 14.8. The molecule has 0 bridgehead atoms. The first-order valence-corrected chi connectivity index (χ1v) is 7.51. The highest BCUT2D eigenvalue weighted by Crippen LogP contribution is 2.26. The number of amides is 2. The highest BCUT2D eigenvalue weighted by atomic mass is 79.9. The lowest BCUT2D eigenvalue weighted by Gasteiger charge is -2.30. The first-order chi connectivity index (χ1) is 9.59. The van der Waals surface area contributed by atoms with E-state index in [0.29, 0.717) is 15.2 Å². The summed E-state index contributed by atoms with van der Waals surface area (Å²) >= 11 is 9.13. The zero-order chi connectivity index (χ0) is 16.2. The largest absolute Gasteiger partial charge is 0.481 e. The molecule has 1 rings (SSSR count). The molecule has 1 atom stereocenters. The van der Waals surface area contributed by atoms with Gasteiger partial charge in [-0.3, -0.25) is 4.79 Å². The number of aliphatic carboxylic acids is 1. The summed E-state index contributed by atoms with van der Waals surface area (Å²) in [5.74, 6) is -0.956. The molecule has 0 fully saturated rings. The van der Waals surface area contributed by atoms with E-state index >= 15 is 0 Å². The quantitative estimate of drug-likeness (QED) is 0.738. The predicted molar refractivity (Wildman–Crippen MR) is 86.8 cm³/mol. The molecule has 2 amide bonds. The summed E-state index contributed by atoms with van der Waals surface area (Å²) in [6.07, 6.45) is -0.140. The van der Waals surface area contributed by atoms with E-state index in [4.69, 9.17) is 16.7 Å². The summed E-state index contributed by atoms with van der Waals surface area (Å²) in [6, 6.07) is 4.03. The van der Waals surface area contributed by atoms with Crippen molar-refractivity contribution < 1.29 is 14.7 Å². The Balaban J connectivity index is 2.76. The van der Waals surface area contributed by atoms with Crippen molar-refractivity contribution in [1.82, 2.24) is 5.32 Å². The van der Waals surface area contributed by atoms with Crippen LogP contribution in [0.3, 0.4) is 0 Å². The fourth-order valence-electron chi connectivity index (χ4n) is 1.66. The van der Waals surface area contributed by atoms with Crippen LogP contribution < -0.4 is 10.6 Å². The van der Waals surface area contributed by atoms with E-state index in [1.165, 1.54) is 0 Å². The highest BCUT2D eigenvalue weighted by Gasteiger charge is 2.28. The molecule has 1 aromatic carbocycles. The smallest absolute Gasteiger partial charge is 0.319 e. The van der Waals surface area contributed by atoms with Crippen molar-refractivity contribution in [2.75, 3.05) is 5.32 Å². The lowest BCUT2D eigenvalue weighted by atomic mass is 9.85. The molecular weight excluding hydrogens is 360 g/mol. The number of carboxylic acid groups (broad SMARTS) is 1. The van der Waals surface area contributed by atoms with Gasteiger partial charge in [-0.05, 0) is 39.5 Å². The molecule has 0 saturated carbocycles. The Bertz CT molecular complexity index is 544. The zero-order valence-corrected chi connectivity index (χ0v) is 14.4. The third kappa shape index (κ3) is 5.93. The monoisotopic (exact) mass is 376 g/mol. The van der Waals surface area contributed by atoms with Gasteiger partial charge in [-0.1, -0.05) is 32.4 Å². The number of anilines is 1. The Morgan fingerprint density at radius 1 is 1.38 bits per heavy atom. The first-order valence-electron chi connectivity index (χ1n) is 6.34. The molecule has 3 N–H and O–H groups in total. The molecule has 21 heavy (non-hydrogen) atoms. The highest BCUT2D eigenvalue weighted by molar-refractivity contribution is 9.10. The van der Waals surface area contributed by atoms with Crippen LogP contribution in [0.15, 0.2) is 22.7 Å². The third-order valence-corrected chi connectivity index (χ3v) is 3.80. The SMILES string of the molecule is CC(C)(C)C(CC(=O)O)NC(=O)Nc1ccc(Cl)cc1Br. The van der Waals surface area contributed by atoms with Gasteiger partial charge >= 0.3 is 12.0 Å². The average Bonchev–Trinajstić information content (AvgIpc) is 2.30. The molecule has 0 heterocycles. The van der Waals surface area contributed by atoms with Crippen molar-refractivity contribution in [3.8, 4) is 0 Å². The Labute approximate surface area is 137 Å². The molecule has 5 nitrogen and oxygen atoms in total. The number of nitrogens with one attached hydrogen (secondary N) is 2. The minimum Gasteiger partial charge on any atom is -0.481 e. The van der Waals surface area contributed by atoms with Crippen LogP contribution in [0.2, 0.25) is 5.02 Å². The number of carbonyl (C=O) groups excluding carboxylic acids is 1. The number of halogens is 2. The zero-order valence-electron chi connectivity index (χ0n) is 12.0. The van der Waals surface area contributed by atoms with Crippen LogP contribution in [0.4, 0.5) is 10.5 Å². The van der Waals surface area contributed by atoms with Gasteiger partial charge in [0.1, 0.15) is 0 Å². The number of benzene rings is 1. The fraction of sp³-hybridized carbons (Fsp3) is 0.429. The van der Waals surface area contributed by atoms with E-state index in [1.807, 2.05) is 20.8 Å². The summed E-state index contributed by atoms with van der Waals surface area (Å²) in [7, 11) is 0. The Kier molecular flexibility index (Phi) is 6.04. The number of carboxylic acids is 1. The van der Waals surface area contributed by atoms with Crippen molar-refractivity contribution in [2.24, 2.45) is 5.41 Å². The van der Waals surface area contributed by atoms with Gasteiger partial charge in [-0.15, -0.1) is 0 Å². The van der Waals surface area contributed by atoms with Crippen molar-refractivity contribution in [3.63, 3.8) is 0 Å². The van der Waals surface area contributed by atoms with Crippen LogP contribution in [0.5, 0.6) is 0 Å². The number of rotatable bonds is 4. The van der Waals surface area contributed by atoms with Crippen LogP contribution in [-0.2, 0) is 4.79 Å². The van der Waals surface area contributed by atoms with Crippen LogP contribution in [0.25, 0.3) is 0 Å². The van der Waals surface area contributed by atoms with E-state index in [-0.39, 0.29) is 11.8 Å². The summed E-state index contributed by atoms with van der Waals surface area (Å²) < 4.78 is 0.649. The Morgan fingerprint density at radius 3 is 2.48 bits per heavy atom. The molecule has 1 aromatic rings. The van der Waals surface area contributed by atoms with Gasteiger partial charge in [0.15, 0.2) is 0 Å². The third-order valence-electron chi connectivity index (χ3n) is 2.91. The van der Waals surface area contributed by atoms with Gasteiger partial charge in [0.25, 0.3) is 0 Å². The minimum atomic E-state index is -0.956. The van der Waals surface area contributed by atoms with Crippen LogP contribution >= 0.6 is 27.5 Å². The predicted octanol–water partition coefficient (Wildman–Crippen LogP) is 4.11. The summed E-state index contributed by atoms with van der Waals surface area (Å²) in [5.41, 5.74) is 0.187. The van der Waals surface area contributed by atoms with E-state index in [9.17, 15) is 9.59 Å². The molecule has 0 aliphatic heterocycles. The second-order valence-electron chi connectivity index (χ2n) is 5.74. The van der Waals surface area contributed by atoms with Gasteiger partial charge in [0.05, 0.1) is 12.1 Å². The van der Waals surface area contributed by atoms with E-state index < -0.39 is 18.0 Å². The van der Waals surface area contributed by atoms with Crippen molar-refractivity contribution >= 4 is 45.2 Å². The molecule has 7 heteroatoms. The fourth-order valence-corrected chi connectivity index (χ4v) is 2.44. The van der Waals surface area contributed by atoms with Crippen LogP contribution in [-0.4, -0.2) is 23.1 Å². The molecule has 0 radical (unpaired) electrons. The standard InChI is InChI=1S/C14H18BrClN2O3/c1-14(2,3)11(7-12(19)20)18-13(21)17-10-5-4-8(16)6-9(10)15/h4-6,11H,7H2,1-3H3,(H,19,20)(H2,17,18,21).